The summed E-state index contributed by atoms with van der Waals surface area (Å²) in [5.74, 6) is -0.399. The molecular weight excluding hydrogens is 339 g/mol. The predicted molar refractivity (Wildman–Crippen MR) is 89.1 cm³/mol. The lowest BCUT2D eigenvalue weighted by Crippen LogP contribution is -2.32. The molecule has 23 heavy (non-hydrogen) atoms. The fourth-order valence-corrected chi connectivity index (χ4v) is 2.83. The molecule has 0 saturated heterocycles. The molecule has 2 aromatic carbocycles. The number of carbonyl (C=O) groups excluding carboxylic acids is 1. The second-order valence-electron chi connectivity index (χ2n) is 4.53. The first-order valence-corrected chi connectivity index (χ1v) is 7.81. The molecule has 0 spiro atoms. The first kappa shape index (κ1) is 17.3. The zero-order chi connectivity index (χ0) is 16.8. The highest BCUT2D eigenvalue weighted by Crippen LogP contribution is 2.33. The SMILES string of the molecule is NC(=O)N(O)C/C=C/c1c(F)cccc1Sc1ccc(Cl)cc1. The average molecular weight is 353 g/mol. The van der Waals surface area contributed by atoms with Gasteiger partial charge in [-0.3, -0.25) is 5.21 Å². The Hall–Kier alpha value is -2.02. The van der Waals surface area contributed by atoms with Gasteiger partial charge in [0.2, 0.25) is 0 Å². The van der Waals surface area contributed by atoms with Crippen LogP contribution in [0.5, 0.6) is 0 Å². The van der Waals surface area contributed by atoms with E-state index in [1.54, 1.807) is 24.3 Å². The van der Waals surface area contributed by atoms with Gasteiger partial charge in [-0.1, -0.05) is 41.6 Å². The van der Waals surface area contributed by atoms with Gasteiger partial charge in [0.15, 0.2) is 0 Å². The highest BCUT2D eigenvalue weighted by Gasteiger charge is 2.08. The van der Waals surface area contributed by atoms with Crippen LogP contribution in [-0.4, -0.2) is 22.8 Å². The minimum atomic E-state index is -0.973. The van der Waals surface area contributed by atoms with Gasteiger partial charge in [0, 0.05) is 20.4 Å². The summed E-state index contributed by atoms with van der Waals surface area (Å²) in [6.45, 7) is -0.130. The molecule has 0 aliphatic rings. The number of hydrogen-bond acceptors (Lipinski definition) is 3. The number of nitrogens with two attached hydrogens (primary N) is 1. The van der Waals surface area contributed by atoms with Crippen LogP contribution in [0.1, 0.15) is 5.56 Å². The van der Waals surface area contributed by atoms with Crippen molar-refractivity contribution in [1.29, 1.82) is 0 Å². The molecule has 0 atom stereocenters. The first-order valence-electron chi connectivity index (χ1n) is 6.61. The molecule has 0 aliphatic carbocycles. The van der Waals surface area contributed by atoms with Gasteiger partial charge in [-0.25, -0.2) is 14.2 Å². The van der Waals surface area contributed by atoms with E-state index in [0.29, 0.717) is 20.5 Å². The Balaban J connectivity index is 2.20. The summed E-state index contributed by atoms with van der Waals surface area (Å²) in [6, 6.07) is 11.0. The zero-order valence-electron chi connectivity index (χ0n) is 11.9. The molecule has 3 N–H and O–H groups in total. The summed E-state index contributed by atoms with van der Waals surface area (Å²) in [7, 11) is 0. The van der Waals surface area contributed by atoms with Gasteiger partial charge in [0.25, 0.3) is 0 Å². The lowest BCUT2D eigenvalue weighted by molar-refractivity contribution is -0.0286. The molecule has 2 rings (SSSR count). The number of primary amides is 1. The zero-order valence-corrected chi connectivity index (χ0v) is 13.5. The number of rotatable bonds is 5. The summed E-state index contributed by atoms with van der Waals surface area (Å²) in [4.78, 5) is 12.3. The summed E-state index contributed by atoms with van der Waals surface area (Å²) in [5.41, 5.74) is 5.27. The van der Waals surface area contributed by atoms with E-state index in [4.69, 9.17) is 17.3 Å². The lowest BCUT2D eigenvalue weighted by atomic mass is 10.2. The fraction of sp³-hybridized carbons (Fsp3) is 0.0625. The maximum absolute atomic E-state index is 14.0. The van der Waals surface area contributed by atoms with Crippen molar-refractivity contribution in [2.75, 3.05) is 6.54 Å². The summed E-state index contributed by atoms with van der Waals surface area (Å²) in [5, 5.41) is 10.2. The molecule has 0 radical (unpaired) electrons. The Bertz CT molecular complexity index is 723. The van der Waals surface area contributed by atoms with Gasteiger partial charge in [-0.05, 0) is 36.4 Å². The van der Waals surface area contributed by atoms with E-state index in [1.165, 1.54) is 30.0 Å². The molecule has 0 aliphatic heterocycles. The van der Waals surface area contributed by atoms with E-state index in [1.807, 2.05) is 12.1 Å². The smallest absolute Gasteiger partial charge is 0.338 e. The third kappa shape index (κ3) is 4.99. The number of hydroxylamine groups is 2. The van der Waals surface area contributed by atoms with Crippen molar-refractivity contribution >= 4 is 35.5 Å². The van der Waals surface area contributed by atoms with Crippen LogP contribution >= 0.6 is 23.4 Å². The standard InChI is InChI=1S/C16H14ClFN2O2S/c17-11-6-8-12(9-7-11)23-15-5-1-4-14(18)13(15)3-2-10-20(22)16(19)21/h1-9,22H,10H2,(H2,19,21)/b3-2+. The van der Waals surface area contributed by atoms with Crippen LogP contribution in [0.25, 0.3) is 6.08 Å². The Morgan fingerprint density at radius 3 is 2.65 bits per heavy atom. The van der Waals surface area contributed by atoms with E-state index >= 15 is 0 Å². The highest BCUT2D eigenvalue weighted by molar-refractivity contribution is 7.99. The average Bonchev–Trinajstić information content (AvgIpc) is 2.52. The summed E-state index contributed by atoms with van der Waals surface area (Å²) in [6.07, 6.45) is 2.95. The highest BCUT2D eigenvalue weighted by atomic mass is 35.5. The van der Waals surface area contributed by atoms with Crippen LogP contribution in [0.4, 0.5) is 9.18 Å². The van der Waals surface area contributed by atoms with Crippen LogP contribution in [0.15, 0.2) is 58.3 Å². The van der Waals surface area contributed by atoms with E-state index in [-0.39, 0.29) is 6.54 Å². The van der Waals surface area contributed by atoms with Gasteiger partial charge in [-0.2, -0.15) is 0 Å². The molecule has 0 saturated carbocycles. The molecule has 0 unspecified atom stereocenters. The van der Waals surface area contributed by atoms with Crippen molar-refractivity contribution in [2.45, 2.75) is 9.79 Å². The molecule has 0 fully saturated rings. The van der Waals surface area contributed by atoms with Crippen molar-refractivity contribution in [3.63, 3.8) is 0 Å². The lowest BCUT2D eigenvalue weighted by Gasteiger charge is -2.09. The van der Waals surface area contributed by atoms with Crippen LogP contribution in [0.3, 0.4) is 0 Å². The van der Waals surface area contributed by atoms with Gasteiger partial charge >= 0.3 is 6.03 Å². The van der Waals surface area contributed by atoms with E-state index in [0.717, 1.165) is 4.90 Å². The fourth-order valence-electron chi connectivity index (χ4n) is 1.76. The summed E-state index contributed by atoms with van der Waals surface area (Å²) < 4.78 is 14.0. The Kier molecular flexibility index (Phi) is 6.04. The molecule has 0 bridgehead atoms. The monoisotopic (exact) mass is 352 g/mol. The molecule has 0 heterocycles. The Labute approximate surface area is 142 Å². The quantitative estimate of drug-likeness (QED) is 0.618. The second-order valence-corrected chi connectivity index (χ2v) is 6.08. The first-order chi connectivity index (χ1) is 11.0. The number of hydrogen-bond donors (Lipinski definition) is 2. The molecule has 0 aromatic heterocycles. The van der Waals surface area contributed by atoms with Gasteiger partial charge in [0.1, 0.15) is 5.82 Å². The van der Waals surface area contributed by atoms with Gasteiger partial charge in [-0.15, -0.1) is 0 Å². The topological polar surface area (TPSA) is 66.6 Å². The van der Waals surface area contributed by atoms with E-state index in [9.17, 15) is 14.4 Å². The molecule has 2 aromatic rings. The second kappa shape index (κ2) is 8.01. The Morgan fingerprint density at radius 1 is 1.30 bits per heavy atom. The minimum absolute atomic E-state index is 0.130. The molecule has 2 amide bonds. The van der Waals surface area contributed by atoms with Crippen molar-refractivity contribution in [3.05, 3.63) is 64.9 Å². The van der Waals surface area contributed by atoms with Crippen molar-refractivity contribution in [1.82, 2.24) is 5.06 Å². The van der Waals surface area contributed by atoms with Gasteiger partial charge in [0.05, 0.1) is 6.54 Å². The molecule has 4 nitrogen and oxygen atoms in total. The maximum atomic E-state index is 14.0. The number of amides is 2. The van der Waals surface area contributed by atoms with E-state index < -0.39 is 11.8 Å². The van der Waals surface area contributed by atoms with Crippen LogP contribution in [-0.2, 0) is 0 Å². The number of carbonyl (C=O) groups is 1. The van der Waals surface area contributed by atoms with Crippen molar-refractivity contribution in [2.24, 2.45) is 5.73 Å². The third-order valence-corrected chi connectivity index (χ3v) is 4.21. The number of nitrogens with zero attached hydrogens (tertiary/aromatic N) is 1. The minimum Gasteiger partial charge on any atom is -0.350 e. The largest absolute Gasteiger partial charge is 0.350 e. The number of benzene rings is 2. The van der Waals surface area contributed by atoms with Crippen LogP contribution in [0.2, 0.25) is 5.02 Å². The normalized spacial score (nSPS) is 10.9. The van der Waals surface area contributed by atoms with Crippen LogP contribution < -0.4 is 5.73 Å². The maximum Gasteiger partial charge on any atom is 0.338 e. The predicted octanol–water partition coefficient (Wildman–Crippen LogP) is 4.41. The van der Waals surface area contributed by atoms with E-state index in [2.05, 4.69) is 0 Å². The molecular formula is C16H14ClFN2O2S. The third-order valence-electron chi connectivity index (χ3n) is 2.87. The molecule has 120 valence electrons. The number of urea groups is 1. The van der Waals surface area contributed by atoms with Gasteiger partial charge < -0.3 is 5.73 Å². The molecule has 7 heteroatoms. The Morgan fingerprint density at radius 2 is 2.00 bits per heavy atom. The summed E-state index contributed by atoms with van der Waals surface area (Å²) >= 11 is 7.23. The van der Waals surface area contributed by atoms with Crippen molar-refractivity contribution < 1.29 is 14.4 Å². The van der Waals surface area contributed by atoms with Crippen molar-refractivity contribution in [3.8, 4) is 0 Å². The number of halogens is 2. The van der Waals surface area contributed by atoms with Crippen LogP contribution in [0, 0.1) is 5.82 Å².